The molecule has 0 fully saturated rings. The van der Waals surface area contributed by atoms with Gasteiger partial charge in [0.25, 0.3) is 34.7 Å². The summed E-state index contributed by atoms with van der Waals surface area (Å²) in [5.74, 6) is -5.51. The molecule has 16 nitrogen and oxygen atoms in total. The monoisotopic (exact) mass is 652 g/mol. The molecule has 48 heavy (non-hydrogen) atoms. The van der Waals surface area contributed by atoms with Crippen LogP contribution in [0.15, 0.2) is 107 Å². The van der Waals surface area contributed by atoms with Crippen LogP contribution in [0.1, 0.15) is 41.7 Å². The van der Waals surface area contributed by atoms with Crippen LogP contribution in [0.25, 0.3) is 0 Å². The number of phenols is 2. The Morgan fingerprint density at radius 1 is 0.438 bits per heavy atom. The molecule has 0 bridgehead atoms. The molecular formula is C32H24N6O10. The number of carbonyl (C=O) groups excluding carboxylic acids is 4. The Hall–Kier alpha value is -7.36. The van der Waals surface area contributed by atoms with Gasteiger partial charge in [-0.25, -0.2) is 0 Å². The summed E-state index contributed by atoms with van der Waals surface area (Å²) in [7, 11) is 0. The van der Waals surface area contributed by atoms with Crippen LogP contribution in [-0.2, 0) is 0 Å². The second-order valence-electron chi connectivity index (χ2n) is 9.89. The van der Waals surface area contributed by atoms with E-state index in [1.807, 2.05) is 0 Å². The molecular weight excluding hydrogens is 628 g/mol. The molecule has 242 valence electrons. The maximum absolute atomic E-state index is 13.1. The number of benzene rings is 3. The summed E-state index contributed by atoms with van der Waals surface area (Å²) < 4.78 is 0.313. The lowest BCUT2D eigenvalue weighted by Gasteiger charge is -2.15. The number of rotatable bonds is 8. The Morgan fingerprint density at radius 2 is 0.750 bits per heavy atom. The Morgan fingerprint density at radius 3 is 1.08 bits per heavy atom. The molecule has 0 aliphatic carbocycles. The number of nitrogens with one attached hydrogen (secondary N) is 4. The minimum atomic E-state index is -0.943. The van der Waals surface area contributed by atoms with Crippen molar-refractivity contribution < 1.29 is 39.8 Å². The minimum Gasteiger partial charge on any atom is -0.504 e. The second-order valence-corrected chi connectivity index (χ2v) is 9.89. The predicted molar refractivity (Wildman–Crippen MR) is 170 cm³/mol. The lowest BCUT2D eigenvalue weighted by molar-refractivity contribution is 0.0951. The molecule has 2 aromatic heterocycles. The van der Waals surface area contributed by atoms with Crippen molar-refractivity contribution in [1.29, 1.82) is 0 Å². The first-order chi connectivity index (χ1) is 23.0. The number of aromatic nitrogens is 2. The Bertz CT molecular complexity index is 2070. The molecule has 0 radical (unpaired) electrons. The van der Waals surface area contributed by atoms with Crippen molar-refractivity contribution in [3.8, 4) is 11.5 Å². The third-order valence-corrected chi connectivity index (χ3v) is 6.81. The van der Waals surface area contributed by atoms with Crippen molar-refractivity contribution in [3.05, 3.63) is 140 Å². The van der Waals surface area contributed by atoms with E-state index >= 15 is 0 Å². The van der Waals surface area contributed by atoms with Gasteiger partial charge in [-0.2, -0.15) is 0 Å². The summed E-state index contributed by atoms with van der Waals surface area (Å²) in [5.41, 5.74) is -3.09. The maximum atomic E-state index is 13.1. The zero-order chi connectivity index (χ0) is 34.5. The standard InChI is InChI=1S/C32H24N6O10/c39-25-13-5-11-23(37(25)47)31(45)35-21-9-3-1-7-19(21)33-29(43)17-15-16-18(28(42)27(17)41)30(44)34-20-8-2-4-10-22(20)36-32(46)24-12-6-14-26(40)38(24)48/h1-16,41-42,47-48H,(H,33,43)(H,34,44)(H,35,45)(H,36,46). The Labute approximate surface area is 268 Å². The molecule has 0 aliphatic rings. The largest absolute Gasteiger partial charge is 0.504 e. The van der Waals surface area contributed by atoms with Crippen LogP contribution in [0.3, 0.4) is 0 Å². The molecule has 0 atom stereocenters. The molecule has 0 saturated heterocycles. The smallest absolute Gasteiger partial charge is 0.283 e. The molecule has 16 heteroatoms. The number of hydrogen-bond acceptors (Lipinski definition) is 10. The number of carbonyl (C=O) groups is 4. The number of pyridine rings is 2. The highest BCUT2D eigenvalue weighted by molar-refractivity contribution is 6.14. The van der Waals surface area contributed by atoms with E-state index in [0.717, 1.165) is 24.3 Å². The average Bonchev–Trinajstić information content (AvgIpc) is 3.06. The number of anilines is 4. The molecule has 2 heterocycles. The summed E-state index contributed by atoms with van der Waals surface area (Å²) in [5, 5.41) is 51.0. The van der Waals surface area contributed by atoms with Crippen LogP contribution >= 0.6 is 0 Å². The molecule has 5 rings (SSSR count). The van der Waals surface area contributed by atoms with Crippen molar-refractivity contribution in [3.63, 3.8) is 0 Å². The fourth-order valence-corrected chi connectivity index (χ4v) is 4.41. The summed E-state index contributed by atoms with van der Waals surface area (Å²) in [6.45, 7) is 0. The molecule has 0 spiro atoms. The average molecular weight is 653 g/mol. The number of nitrogens with zero attached hydrogens (tertiary/aromatic N) is 2. The van der Waals surface area contributed by atoms with Gasteiger partial charge < -0.3 is 41.9 Å². The summed E-state index contributed by atoms with van der Waals surface area (Å²) in [4.78, 5) is 75.0. The minimum absolute atomic E-state index is 0.0479. The zero-order valence-corrected chi connectivity index (χ0v) is 24.4. The van der Waals surface area contributed by atoms with Gasteiger partial charge in [0.15, 0.2) is 11.5 Å². The van der Waals surface area contributed by atoms with Gasteiger partial charge in [0.1, 0.15) is 11.4 Å². The van der Waals surface area contributed by atoms with Crippen LogP contribution in [0.2, 0.25) is 0 Å². The van der Waals surface area contributed by atoms with Gasteiger partial charge in [0, 0.05) is 12.1 Å². The van der Waals surface area contributed by atoms with E-state index in [0.29, 0.717) is 0 Å². The molecule has 5 aromatic rings. The first-order valence-corrected chi connectivity index (χ1v) is 13.8. The summed E-state index contributed by atoms with van der Waals surface area (Å²) >= 11 is 0. The van der Waals surface area contributed by atoms with Crippen molar-refractivity contribution in [2.24, 2.45) is 0 Å². The molecule has 0 unspecified atom stereocenters. The van der Waals surface area contributed by atoms with Gasteiger partial charge in [-0.15, -0.1) is 9.46 Å². The Balaban J connectivity index is 1.32. The highest BCUT2D eigenvalue weighted by Gasteiger charge is 2.23. The van der Waals surface area contributed by atoms with E-state index in [1.54, 1.807) is 0 Å². The molecule has 3 aromatic carbocycles. The van der Waals surface area contributed by atoms with Crippen LogP contribution in [0, 0.1) is 0 Å². The number of para-hydroxylation sites is 4. The highest BCUT2D eigenvalue weighted by Crippen LogP contribution is 2.35. The SMILES string of the molecule is O=C(Nc1ccccc1NC(=O)c1cccc(=O)n1O)c1ccc(C(=O)Nc2ccccc2NC(=O)c2cccc(=O)n2O)c(O)c1O. The van der Waals surface area contributed by atoms with Gasteiger partial charge in [-0.05, 0) is 48.5 Å². The van der Waals surface area contributed by atoms with E-state index in [9.17, 15) is 49.4 Å². The molecule has 0 saturated carbocycles. The summed E-state index contributed by atoms with van der Waals surface area (Å²) in [6.07, 6.45) is 0. The van der Waals surface area contributed by atoms with Crippen molar-refractivity contribution in [2.45, 2.75) is 0 Å². The third kappa shape index (κ3) is 6.52. The summed E-state index contributed by atoms with van der Waals surface area (Å²) in [6, 6.07) is 21.0. The van der Waals surface area contributed by atoms with Gasteiger partial charge in [-0.3, -0.25) is 28.8 Å². The second kappa shape index (κ2) is 13.3. The van der Waals surface area contributed by atoms with E-state index in [-0.39, 0.29) is 43.6 Å². The Kier molecular flexibility index (Phi) is 8.90. The van der Waals surface area contributed by atoms with Crippen LogP contribution in [0.4, 0.5) is 22.7 Å². The van der Waals surface area contributed by atoms with Gasteiger partial charge in [0.2, 0.25) is 0 Å². The zero-order valence-electron chi connectivity index (χ0n) is 24.4. The molecule has 8 N–H and O–H groups in total. The number of aromatic hydroxyl groups is 2. The maximum Gasteiger partial charge on any atom is 0.283 e. The quantitative estimate of drug-likeness (QED) is 0.0900. The topological polar surface area (TPSA) is 241 Å². The fraction of sp³-hybridized carbons (Fsp3) is 0. The van der Waals surface area contributed by atoms with E-state index in [2.05, 4.69) is 21.3 Å². The first-order valence-electron chi connectivity index (χ1n) is 13.8. The predicted octanol–water partition coefficient (Wildman–Crippen LogP) is 2.91. The number of phenolic OH excluding ortho intramolecular Hbond substituents is 2. The molecule has 4 amide bonds. The van der Waals surface area contributed by atoms with Gasteiger partial charge in [-0.1, -0.05) is 36.4 Å². The van der Waals surface area contributed by atoms with Gasteiger partial charge >= 0.3 is 0 Å². The third-order valence-electron chi connectivity index (χ3n) is 6.81. The number of amides is 4. The van der Waals surface area contributed by atoms with Crippen LogP contribution in [0.5, 0.6) is 11.5 Å². The lowest BCUT2D eigenvalue weighted by atomic mass is 10.1. The van der Waals surface area contributed by atoms with Crippen molar-refractivity contribution in [2.75, 3.05) is 21.3 Å². The normalized spacial score (nSPS) is 10.5. The van der Waals surface area contributed by atoms with Crippen LogP contribution < -0.4 is 32.4 Å². The van der Waals surface area contributed by atoms with Crippen LogP contribution in [-0.4, -0.2) is 53.7 Å². The highest BCUT2D eigenvalue weighted by atomic mass is 16.5. The van der Waals surface area contributed by atoms with Crippen molar-refractivity contribution >= 4 is 46.4 Å². The number of hydrogen-bond donors (Lipinski definition) is 8. The van der Waals surface area contributed by atoms with E-state index < -0.39 is 57.4 Å². The van der Waals surface area contributed by atoms with E-state index in [1.165, 1.54) is 72.8 Å². The molecule has 0 aliphatic heterocycles. The van der Waals surface area contributed by atoms with Gasteiger partial charge in [0.05, 0.1) is 33.9 Å². The van der Waals surface area contributed by atoms with Crippen molar-refractivity contribution in [1.82, 2.24) is 9.46 Å². The first kappa shape index (κ1) is 32.0. The lowest BCUT2D eigenvalue weighted by Crippen LogP contribution is -2.26. The fourth-order valence-electron chi connectivity index (χ4n) is 4.41. The van der Waals surface area contributed by atoms with E-state index in [4.69, 9.17) is 0 Å².